The van der Waals surface area contributed by atoms with Crippen molar-refractivity contribution in [2.75, 3.05) is 33.3 Å². The van der Waals surface area contributed by atoms with Gasteiger partial charge in [-0.3, -0.25) is 4.79 Å². The lowest BCUT2D eigenvalue weighted by Gasteiger charge is -2.43. The molecule has 124 valence electrons. The van der Waals surface area contributed by atoms with Gasteiger partial charge in [0.1, 0.15) is 5.75 Å². The molecule has 4 rings (SSSR count). The van der Waals surface area contributed by atoms with Crippen molar-refractivity contribution in [3.8, 4) is 5.75 Å². The van der Waals surface area contributed by atoms with E-state index in [1.165, 1.54) is 24.8 Å². The lowest BCUT2D eigenvalue weighted by molar-refractivity contribution is -0.144. The number of amides is 1. The summed E-state index contributed by atoms with van der Waals surface area (Å²) in [5.41, 5.74) is 0.948. The van der Waals surface area contributed by atoms with Crippen molar-refractivity contribution in [3.63, 3.8) is 0 Å². The maximum absolute atomic E-state index is 13.2. The highest BCUT2D eigenvalue weighted by molar-refractivity contribution is 5.85. The van der Waals surface area contributed by atoms with E-state index in [0.29, 0.717) is 5.91 Å². The van der Waals surface area contributed by atoms with Crippen LogP contribution in [0, 0.1) is 17.3 Å². The molecule has 0 unspecified atom stereocenters. The molecule has 2 aliphatic heterocycles. The van der Waals surface area contributed by atoms with Crippen LogP contribution >= 0.6 is 0 Å². The molecule has 1 N–H and O–H groups in total. The van der Waals surface area contributed by atoms with Gasteiger partial charge in [-0.1, -0.05) is 18.6 Å². The van der Waals surface area contributed by atoms with Crippen LogP contribution in [0.4, 0.5) is 0 Å². The van der Waals surface area contributed by atoms with Crippen LogP contribution in [0.5, 0.6) is 5.75 Å². The van der Waals surface area contributed by atoms with Gasteiger partial charge < -0.3 is 15.0 Å². The fraction of sp³-hybridized carbons (Fsp3) is 0.632. The first-order chi connectivity index (χ1) is 11.2. The number of nitrogens with one attached hydrogen (secondary N) is 1. The molecule has 0 bridgehead atoms. The zero-order valence-electron chi connectivity index (χ0n) is 13.9. The third-order valence-electron chi connectivity index (χ3n) is 6.07. The van der Waals surface area contributed by atoms with Gasteiger partial charge in [-0.15, -0.1) is 0 Å². The molecule has 0 spiro atoms. The first-order valence-electron chi connectivity index (χ1n) is 8.83. The molecule has 4 heteroatoms. The van der Waals surface area contributed by atoms with E-state index in [-0.39, 0.29) is 5.41 Å². The van der Waals surface area contributed by atoms with Crippen LogP contribution in [0.1, 0.15) is 24.8 Å². The van der Waals surface area contributed by atoms with Crippen LogP contribution in [-0.2, 0) is 11.2 Å². The molecule has 1 aliphatic carbocycles. The zero-order chi connectivity index (χ0) is 15.9. The Balaban J connectivity index is 1.49. The predicted octanol–water partition coefficient (Wildman–Crippen LogP) is 2.09. The van der Waals surface area contributed by atoms with Gasteiger partial charge in [0.25, 0.3) is 0 Å². The highest BCUT2D eigenvalue weighted by Crippen LogP contribution is 2.40. The average Bonchev–Trinajstić information content (AvgIpc) is 3.12. The van der Waals surface area contributed by atoms with Crippen LogP contribution in [0.3, 0.4) is 0 Å². The second-order valence-electron chi connectivity index (χ2n) is 7.57. The van der Waals surface area contributed by atoms with Crippen molar-refractivity contribution in [2.24, 2.45) is 17.3 Å². The van der Waals surface area contributed by atoms with Crippen molar-refractivity contribution in [2.45, 2.75) is 25.7 Å². The molecular weight excluding hydrogens is 288 g/mol. The summed E-state index contributed by atoms with van der Waals surface area (Å²) in [7, 11) is 1.69. The van der Waals surface area contributed by atoms with Crippen molar-refractivity contribution < 1.29 is 9.53 Å². The largest absolute Gasteiger partial charge is 0.497 e. The van der Waals surface area contributed by atoms with E-state index >= 15 is 0 Å². The van der Waals surface area contributed by atoms with Crippen LogP contribution in [0.25, 0.3) is 0 Å². The third-order valence-corrected chi connectivity index (χ3v) is 6.07. The van der Waals surface area contributed by atoms with Crippen LogP contribution < -0.4 is 10.1 Å². The number of hydrogen-bond acceptors (Lipinski definition) is 3. The molecule has 1 amide bonds. The number of likely N-dealkylation sites (tertiary alicyclic amines) is 1. The quantitative estimate of drug-likeness (QED) is 0.925. The highest BCUT2D eigenvalue weighted by Gasteiger charge is 2.49. The average molecular weight is 314 g/mol. The van der Waals surface area contributed by atoms with Gasteiger partial charge in [-0.25, -0.2) is 0 Å². The number of carbonyl (C=O) groups is 1. The van der Waals surface area contributed by atoms with Gasteiger partial charge >= 0.3 is 0 Å². The normalized spacial score (nSPS) is 28.3. The number of ether oxygens (including phenoxy) is 1. The monoisotopic (exact) mass is 314 g/mol. The summed E-state index contributed by atoms with van der Waals surface area (Å²) in [5.74, 6) is 2.77. The minimum Gasteiger partial charge on any atom is -0.497 e. The first kappa shape index (κ1) is 15.0. The topological polar surface area (TPSA) is 41.6 Å². The Morgan fingerprint density at radius 3 is 2.65 bits per heavy atom. The fourth-order valence-corrected chi connectivity index (χ4v) is 4.69. The molecule has 4 nitrogen and oxygen atoms in total. The second-order valence-corrected chi connectivity index (χ2v) is 7.57. The Labute approximate surface area is 138 Å². The van der Waals surface area contributed by atoms with Gasteiger partial charge in [-0.05, 0) is 48.8 Å². The van der Waals surface area contributed by atoms with Crippen LogP contribution in [0.15, 0.2) is 24.3 Å². The Morgan fingerprint density at radius 2 is 2.04 bits per heavy atom. The Morgan fingerprint density at radius 1 is 1.30 bits per heavy atom. The molecule has 2 heterocycles. The van der Waals surface area contributed by atoms with Crippen molar-refractivity contribution in [1.82, 2.24) is 10.2 Å². The molecule has 1 aromatic rings. The number of hydrogen-bond donors (Lipinski definition) is 1. The summed E-state index contributed by atoms with van der Waals surface area (Å²) < 4.78 is 5.32. The van der Waals surface area contributed by atoms with E-state index in [1.807, 2.05) is 12.1 Å². The summed E-state index contributed by atoms with van der Waals surface area (Å²) in [6.45, 7) is 3.58. The number of fused-ring (bicyclic) bond motifs is 1. The van der Waals surface area contributed by atoms with E-state index in [1.54, 1.807) is 7.11 Å². The number of benzene rings is 1. The Kier molecular flexibility index (Phi) is 3.80. The third kappa shape index (κ3) is 2.63. The SMILES string of the molecule is COc1cccc(CC2(C(=O)N3C[C@H]4CCC[C@H]4C3)CNC2)c1. The molecule has 0 aromatic heterocycles. The summed E-state index contributed by atoms with van der Waals surface area (Å²) in [6, 6.07) is 8.14. The predicted molar refractivity (Wildman–Crippen MR) is 89.4 cm³/mol. The molecule has 2 saturated heterocycles. The molecule has 1 saturated carbocycles. The van der Waals surface area contributed by atoms with Gasteiger partial charge in [-0.2, -0.15) is 0 Å². The van der Waals surface area contributed by atoms with Gasteiger partial charge in [0.15, 0.2) is 0 Å². The second kappa shape index (κ2) is 5.82. The van der Waals surface area contributed by atoms with Crippen molar-refractivity contribution in [3.05, 3.63) is 29.8 Å². The summed E-state index contributed by atoms with van der Waals surface area (Å²) in [5, 5.41) is 3.33. The molecular formula is C19H26N2O2. The summed E-state index contributed by atoms with van der Waals surface area (Å²) >= 11 is 0. The molecule has 3 fully saturated rings. The standard InChI is InChI=1S/C19H26N2O2/c1-23-17-7-2-4-14(8-17)9-19(12-20-13-19)18(22)21-10-15-5-3-6-16(15)11-21/h2,4,7-8,15-16,20H,3,5-6,9-13H2,1H3/t15-,16+. The van der Waals surface area contributed by atoms with Crippen molar-refractivity contribution in [1.29, 1.82) is 0 Å². The fourth-order valence-electron chi connectivity index (χ4n) is 4.69. The van der Waals surface area contributed by atoms with Crippen LogP contribution in [-0.4, -0.2) is 44.1 Å². The van der Waals surface area contributed by atoms with Gasteiger partial charge in [0.05, 0.1) is 12.5 Å². The zero-order valence-corrected chi connectivity index (χ0v) is 13.9. The maximum atomic E-state index is 13.2. The lowest BCUT2D eigenvalue weighted by Crippen LogP contribution is -2.63. The van der Waals surface area contributed by atoms with E-state index in [4.69, 9.17) is 4.74 Å². The number of rotatable bonds is 4. The maximum Gasteiger partial charge on any atom is 0.231 e. The van der Waals surface area contributed by atoms with E-state index < -0.39 is 0 Å². The highest BCUT2D eigenvalue weighted by atomic mass is 16.5. The molecule has 2 atom stereocenters. The van der Waals surface area contributed by atoms with Gasteiger partial charge in [0, 0.05) is 26.2 Å². The number of carbonyl (C=O) groups excluding carboxylic acids is 1. The van der Waals surface area contributed by atoms with E-state index in [0.717, 1.165) is 50.2 Å². The molecule has 1 aromatic carbocycles. The van der Waals surface area contributed by atoms with E-state index in [9.17, 15) is 4.79 Å². The number of nitrogens with zero attached hydrogens (tertiary/aromatic N) is 1. The molecule has 0 radical (unpaired) electrons. The Bertz CT molecular complexity index is 585. The number of methoxy groups -OCH3 is 1. The Hall–Kier alpha value is -1.55. The van der Waals surface area contributed by atoms with Crippen molar-refractivity contribution >= 4 is 5.91 Å². The minimum absolute atomic E-state index is 0.245. The molecule has 23 heavy (non-hydrogen) atoms. The van der Waals surface area contributed by atoms with Crippen LogP contribution in [0.2, 0.25) is 0 Å². The van der Waals surface area contributed by atoms with Gasteiger partial charge in [0.2, 0.25) is 5.91 Å². The van der Waals surface area contributed by atoms with E-state index in [2.05, 4.69) is 22.3 Å². The lowest BCUT2D eigenvalue weighted by atomic mass is 9.75. The summed E-state index contributed by atoms with van der Waals surface area (Å²) in [4.78, 5) is 15.4. The summed E-state index contributed by atoms with van der Waals surface area (Å²) in [6.07, 6.45) is 4.79. The first-order valence-corrected chi connectivity index (χ1v) is 8.83. The molecule has 3 aliphatic rings. The minimum atomic E-state index is -0.245. The smallest absolute Gasteiger partial charge is 0.231 e.